The van der Waals surface area contributed by atoms with Gasteiger partial charge in [-0.2, -0.15) is 0 Å². The fourth-order valence-electron chi connectivity index (χ4n) is 2.82. The topological polar surface area (TPSA) is 76.1 Å². The van der Waals surface area contributed by atoms with Crippen molar-refractivity contribution in [3.05, 3.63) is 89.3 Å². The van der Waals surface area contributed by atoms with Crippen molar-refractivity contribution in [2.45, 2.75) is 16.3 Å². The Morgan fingerprint density at radius 3 is 2.55 bits per heavy atom. The van der Waals surface area contributed by atoms with E-state index in [1.54, 1.807) is 24.5 Å². The molecule has 146 valence electrons. The number of carbonyl (C=O) groups is 1. The average Bonchev–Trinajstić information content (AvgIpc) is 3.17. The van der Waals surface area contributed by atoms with E-state index in [1.807, 2.05) is 12.1 Å². The number of amides is 1. The van der Waals surface area contributed by atoms with Crippen LogP contribution in [0.5, 0.6) is 0 Å². The summed E-state index contributed by atoms with van der Waals surface area (Å²) in [5.74, 6) is -0.815. The third kappa shape index (κ3) is 4.03. The van der Waals surface area contributed by atoms with Crippen molar-refractivity contribution in [3.8, 4) is 0 Å². The number of aromatic nitrogens is 1. The Labute approximate surface area is 170 Å². The number of hydrogen-bond acceptors (Lipinski definition) is 5. The van der Waals surface area contributed by atoms with Gasteiger partial charge in [0.1, 0.15) is 5.82 Å². The van der Waals surface area contributed by atoms with Crippen LogP contribution in [0.3, 0.4) is 0 Å². The molecule has 8 heteroatoms. The summed E-state index contributed by atoms with van der Waals surface area (Å²) in [6.45, 7) is 0.256. The minimum Gasteiger partial charge on any atom is -0.347 e. The molecule has 4 rings (SSSR count). The van der Waals surface area contributed by atoms with E-state index in [4.69, 9.17) is 0 Å². The van der Waals surface area contributed by atoms with E-state index in [1.165, 1.54) is 41.7 Å². The van der Waals surface area contributed by atoms with Crippen LogP contribution in [0, 0.1) is 5.82 Å². The number of benzene rings is 2. The molecule has 0 radical (unpaired) electrons. The lowest BCUT2D eigenvalue weighted by Gasteiger charge is -2.07. The van der Waals surface area contributed by atoms with E-state index in [0.717, 1.165) is 21.7 Å². The van der Waals surface area contributed by atoms with Crippen LogP contribution in [0.25, 0.3) is 10.1 Å². The number of pyridine rings is 1. The largest absolute Gasteiger partial charge is 0.347 e. The second kappa shape index (κ2) is 7.73. The van der Waals surface area contributed by atoms with Crippen LogP contribution in [0.15, 0.2) is 82.8 Å². The normalized spacial score (nSPS) is 11.5. The highest BCUT2D eigenvalue weighted by molar-refractivity contribution is 7.91. The van der Waals surface area contributed by atoms with Crippen LogP contribution in [-0.4, -0.2) is 19.3 Å². The second-order valence-electron chi connectivity index (χ2n) is 6.31. The molecule has 4 aromatic rings. The van der Waals surface area contributed by atoms with Gasteiger partial charge in [-0.05, 0) is 53.4 Å². The first-order valence-electron chi connectivity index (χ1n) is 8.65. The molecule has 0 saturated carbocycles. The smallest absolute Gasteiger partial charge is 0.261 e. The predicted molar refractivity (Wildman–Crippen MR) is 109 cm³/mol. The molecule has 0 spiro atoms. The maximum absolute atomic E-state index is 13.4. The molecule has 0 bridgehead atoms. The third-order valence-corrected chi connectivity index (χ3v) is 7.19. The van der Waals surface area contributed by atoms with Crippen molar-refractivity contribution < 1.29 is 17.6 Å². The van der Waals surface area contributed by atoms with Gasteiger partial charge >= 0.3 is 0 Å². The molecule has 0 aliphatic heterocycles. The molecule has 0 atom stereocenters. The molecule has 0 fully saturated rings. The van der Waals surface area contributed by atoms with Crippen LogP contribution < -0.4 is 5.32 Å². The molecular formula is C21H15FN2O3S2. The lowest BCUT2D eigenvalue weighted by molar-refractivity contribution is 0.0955. The van der Waals surface area contributed by atoms with Gasteiger partial charge in [-0.25, -0.2) is 12.8 Å². The average molecular weight is 426 g/mol. The maximum Gasteiger partial charge on any atom is 0.261 e. The first kappa shape index (κ1) is 19.2. The number of hydrogen-bond donors (Lipinski definition) is 1. The number of sulfone groups is 1. The molecule has 1 N–H and O–H groups in total. The highest BCUT2D eigenvalue weighted by Crippen LogP contribution is 2.25. The minimum absolute atomic E-state index is 0.0650. The number of carbonyl (C=O) groups excluding carboxylic acids is 1. The monoisotopic (exact) mass is 426 g/mol. The fourth-order valence-corrected chi connectivity index (χ4v) is 5.06. The van der Waals surface area contributed by atoms with Crippen LogP contribution in [-0.2, 0) is 16.4 Å². The summed E-state index contributed by atoms with van der Waals surface area (Å²) in [6, 6.07) is 14.7. The zero-order valence-electron chi connectivity index (χ0n) is 15.0. The van der Waals surface area contributed by atoms with Gasteiger partial charge in [0.15, 0.2) is 0 Å². The van der Waals surface area contributed by atoms with Gasteiger partial charge in [0, 0.05) is 18.9 Å². The molecule has 0 saturated heterocycles. The molecule has 5 nitrogen and oxygen atoms in total. The van der Waals surface area contributed by atoms with Crippen molar-refractivity contribution >= 4 is 37.2 Å². The summed E-state index contributed by atoms with van der Waals surface area (Å²) < 4.78 is 39.5. The standard InChI is InChI=1S/C21H15FN2O3S2/c22-16-2-1-3-18(11-16)29(26,27)17-6-4-14(5-7-17)12-24-21(25)19-10-15-8-9-23-13-20(15)28-19/h1-11,13H,12H2,(H,24,25). The highest BCUT2D eigenvalue weighted by atomic mass is 32.2. The number of nitrogens with one attached hydrogen (secondary N) is 1. The van der Waals surface area contributed by atoms with Crippen LogP contribution in [0.1, 0.15) is 15.2 Å². The number of nitrogens with zero attached hydrogens (tertiary/aromatic N) is 1. The van der Waals surface area contributed by atoms with Gasteiger partial charge in [0.05, 0.1) is 19.4 Å². The van der Waals surface area contributed by atoms with Crippen molar-refractivity contribution in [1.29, 1.82) is 0 Å². The Morgan fingerprint density at radius 1 is 1.03 bits per heavy atom. The van der Waals surface area contributed by atoms with Gasteiger partial charge in [0.25, 0.3) is 5.91 Å². The summed E-state index contributed by atoms with van der Waals surface area (Å²) in [5, 5.41) is 3.79. The number of fused-ring (bicyclic) bond motifs is 1. The summed E-state index contributed by atoms with van der Waals surface area (Å²) in [5.41, 5.74) is 0.749. The fraction of sp³-hybridized carbons (Fsp3) is 0.0476. The molecule has 2 aromatic heterocycles. The zero-order valence-corrected chi connectivity index (χ0v) is 16.6. The van der Waals surface area contributed by atoms with Crippen molar-refractivity contribution in [3.63, 3.8) is 0 Å². The molecule has 29 heavy (non-hydrogen) atoms. The van der Waals surface area contributed by atoms with E-state index in [0.29, 0.717) is 4.88 Å². The first-order valence-corrected chi connectivity index (χ1v) is 10.9. The molecule has 1 amide bonds. The van der Waals surface area contributed by atoms with Crippen LogP contribution >= 0.6 is 11.3 Å². The van der Waals surface area contributed by atoms with Gasteiger partial charge in [-0.1, -0.05) is 18.2 Å². The molecule has 0 aliphatic carbocycles. The Hall–Kier alpha value is -3.10. The van der Waals surface area contributed by atoms with Crippen molar-refractivity contribution in [2.24, 2.45) is 0 Å². The number of rotatable bonds is 5. The lowest BCUT2D eigenvalue weighted by atomic mass is 10.2. The highest BCUT2D eigenvalue weighted by Gasteiger charge is 2.18. The van der Waals surface area contributed by atoms with Crippen LogP contribution in [0.4, 0.5) is 4.39 Å². The molecule has 0 aliphatic rings. The Morgan fingerprint density at radius 2 is 1.83 bits per heavy atom. The summed E-state index contributed by atoms with van der Waals surface area (Å²) in [6.07, 6.45) is 3.39. The number of halogens is 1. The Bertz CT molecular complexity index is 1270. The minimum atomic E-state index is -3.80. The van der Waals surface area contributed by atoms with E-state index in [9.17, 15) is 17.6 Å². The van der Waals surface area contributed by atoms with Gasteiger partial charge in [0.2, 0.25) is 9.84 Å². The third-order valence-electron chi connectivity index (χ3n) is 4.34. The number of thiophene rings is 1. The summed E-state index contributed by atoms with van der Waals surface area (Å²) >= 11 is 1.36. The van der Waals surface area contributed by atoms with Crippen molar-refractivity contribution in [1.82, 2.24) is 10.3 Å². The van der Waals surface area contributed by atoms with E-state index in [-0.39, 0.29) is 22.2 Å². The molecule has 2 aromatic carbocycles. The Kier molecular flexibility index (Phi) is 5.12. The second-order valence-corrected chi connectivity index (χ2v) is 9.35. The van der Waals surface area contributed by atoms with Crippen LogP contribution in [0.2, 0.25) is 0 Å². The Balaban J connectivity index is 1.46. The van der Waals surface area contributed by atoms with Gasteiger partial charge in [-0.15, -0.1) is 11.3 Å². The molecule has 2 heterocycles. The SMILES string of the molecule is O=C(NCc1ccc(S(=O)(=O)c2cccc(F)c2)cc1)c1cc2ccncc2s1. The van der Waals surface area contributed by atoms with Gasteiger partial charge in [-0.3, -0.25) is 9.78 Å². The quantitative estimate of drug-likeness (QED) is 0.519. The molecule has 0 unspecified atom stereocenters. The summed E-state index contributed by atoms with van der Waals surface area (Å²) in [7, 11) is -3.80. The lowest BCUT2D eigenvalue weighted by Crippen LogP contribution is -2.21. The maximum atomic E-state index is 13.4. The van der Waals surface area contributed by atoms with Crippen molar-refractivity contribution in [2.75, 3.05) is 0 Å². The van der Waals surface area contributed by atoms with E-state index < -0.39 is 15.7 Å². The van der Waals surface area contributed by atoms with E-state index in [2.05, 4.69) is 10.3 Å². The molecular weight excluding hydrogens is 411 g/mol. The first-order chi connectivity index (χ1) is 13.9. The predicted octanol–water partition coefficient (Wildman–Crippen LogP) is 4.20. The summed E-state index contributed by atoms with van der Waals surface area (Å²) in [4.78, 5) is 17.0. The van der Waals surface area contributed by atoms with E-state index >= 15 is 0 Å². The van der Waals surface area contributed by atoms with Gasteiger partial charge < -0.3 is 5.32 Å². The zero-order chi connectivity index (χ0) is 20.4.